The first-order valence-corrected chi connectivity index (χ1v) is 8.02. The van der Waals surface area contributed by atoms with Crippen molar-refractivity contribution >= 4 is 23.6 Å². The SMILES string of the molecule is CCC(Sc1ccccc1)C(=O)NC(C)(COC)CC(=O)O. The maximum atomic E-state index is 12.5. The van der Waals surface area contributed by atoms with Crippen LogP contribution in [0.5, 0.6) is 0 Å². The molecule has 0 aromatic heterocycles. The van der Waals surface area contributed by atoms with Gasteiger partial charge in [-0.2, -0.15) is 0 Å². The van der Waals surface area contributed by atoms with E-state index in [-0.39, 0.29) is 24.2 Å². The second-order valence-electron chi connectivity index (χ2n) is 5.38. The third-order valence-electron chi connectivity index (χ3n) is 3.11. The third-order valence-corrected chi connectivity index (χ3v) is 4.49. The van der Waals surface area contributed by atoms with E-state index < -0.39 is 11.5 Å². The molecule has 1 amide bonds. The number of rotatable bonds is 9. The van der Waals surface area contributed by atoms with E-state index in [0.29, 0.717) is 6.42 Å². The van der Waals surface area contributed by atoms with Crippen molar-refractivity contribution in [2.75, 3.05) is 13.7 Å². The number of hydrogen-bond acceptors (Lipinski definition) is 4. The molecule has 22 heavy (non-hydrogen) atoms. The van der Waals surface area contributed by atoms with E-state index in [9.17, 15) is 9.59 Å². The molecule has 0 saturated heterocycles. The number of carbonyl (C=O) groups excluding carboxylic acids is 1. The minimum atomic E-state index is -0.969. The Kier molecular flexibility index (Phi) is 7.41. The van der Waals surface area contributed by atoms with Crippen molar-refractivity contribution in [3.05, 3.63) is 30.3 Å². The number of thioether (sulfide) groups is 1. The molecular formula is C16H23NO4S. The van der Waals surface area contributed by atoms with E-state index in [1.165, 1.54) is 18.9 Å². The van der Waals surface area contributed by atoms with Gasteiger partial charge in [-0.3, -0.25) is 9.59 Å². The largest absolute Gasteiger partial charge is 0.481 e. The van der Waals surface area contributed by atoms with Crippen molar-refractivity contribution in [3.8, 4) is 0 Å². The van der Waals surface area contributed by atoms with Crippen LogP contribution in [0, 0.1) is 0 Å². The Morgan fingerprint density at radius 3 is 2.50 bits per heavy atom. The predicted molar refractivity (Wildman–Crippen MR) is 87.1 cm³/mol. The summed E-state index contributed by atoms with van der Waals surface area (Å²) < 4.78 is 5.06. The molecular weight excluding hydrogens is 302 g/mol. The highest BCUT2D eigenvalue weighted by Crippen LogP contribution is 2.26. The number of benzene rings is 1. The van der Waals surface area contributed by atoms with Crippen LogP contribution < -0.4 is 5.32 Å². The Balaban J connectivity index is 2.75. The van der Waals surface area contributed by atoms with Crippen LogP contribution in [0.2, 0.25) is 0 Å². The molecule has 1 aromatic rings. The first-order valence-electron chi connectivity index (χ1n) is 7.14. The fourth-order valence-corrected chi connectivity index (χ4v) is 3.12. The van der Waals surface area contributed by atoms with Crippen LogP contribution in [0.15, 0.2) is 35.2 Å². The average Bonchev–Trinajstić information content (AvgIpc) is 2.44. The molecule has 0 bridgehead atoms. The maximum absolute atomic E-state index is 12.5. The number of carboxylic acid groups (broad SMARTS) is 1. The standard InChI is InChI=1S/C16H23NO4S/c1-4-13(22-12-8-6-5-7-9-12)15(20)17-16(2,11-21-3)10-14(18)19/h5-9,13H,4,10-11H2,1-3H3,(H,17,20)(H,18,19). The molecule has 0 saturated carbocycles. The first kappa shape index (κ1) is 18.5. The number of carboxylic acids is 1. The highest BCUT2D eigenvalue weighted by Gasteiger charge is 2.32. The molecule has 0 aliphatic heterocycles. The summed E-state index contributed by atoms with van der Waals surface area (Å²) in [4.78, 5) is 24.5. The smallest absolute Gasteiger partial charge is 0.305 e. The lowest BCUT2D eigenvalue weighted by Gasteiger charge is -2.30. The van der Waals surface area contributed by atoms with Gasteiger partial charge in [0.1, 0.15) is 0 Å². The van der Waals surface area contributed by atoms with Crippen molar-refractivity contribution in [2.24, 2.45) is 0 Å². The molecule has 122 valence electrons. The highest BCUT2D eigenvalue weighted by atomic mass is 32.2. The van der Waals surface area contributed by atoms with E-state index in [1.54, 1.807) is 6.92 Å². The minimum Gasteiger partial charge on any atom is -0.481 e. The molecule has 0 fully saturated rings. The molecule has 5 nitrogen and oxygen atoms in total. The van der Waals surface area contributed by atoms with Gasteiger partial charge in [-0.15, -0.1) is 11.8 Å². The number of ether oxygens (including phenoxy) is 1. The zero-order chi connectivity index (χ0) is 16.6. The Morgan fingerprint density at radius 1 is 1.36 bits per heavy atom. The van der Waals surface area contributed by atoms with Gasteiger partial charge >= 0.3 is 5.97 Å². The normalized spacial score (nSPS) is 14.9. The van der Waals surface area contributed by atoms with Crippen LogP contribution >= 0.6 is 11.8 Å². The quantitative estimate of drug-likeness (QED) is 0.683. The van der Waals surface area contributed by atoms with Crippen LogP contribution in [0.25, 0.3) is 0 Å². The van der Waals surface area contributed by atoms with Gasteiger partial charge in [0.15, 0.2) is 0 Å². The molecule has 1 aromatic carbocycles. The molecule has 1 rings (SSSR count). The second-order valence-corrected chi connectivity index (χ2v) is 6.66. The van der Waals surface area contributed by atoms with Crippen molar-refractivity contribution in [1.29, 1.82) is 0 Å². The Morgan fingerprint density at radius 2 is 2.00 bits per heavy atom. The molecule has 2 N–H and O–H groups in total. The van der Waals surface area contributed by atoms with E-state index in [4.69, 9.17) is 9.84 Å². The Labute approximate surface area is 135 Å². The summed E-state index contributed by atoms with van der Waals surface area (Å²) in [5.74, 6) is -1.14. The predicted octanol–water partition coefficient (Wildman–Crippen LogP) is 2.55. The molecule has 2 atom stereocenters. The molecule has 6 heteroatoms. The van der Waals surface area contributed by atoms with Crippen molar-refractivity contribution < 1.29 is 19.4 Å². The maximum Gasteiger partial charge on any atom is 0.305 e. The van der Waals surface area contributed by atoms with Crippen LogP contribution in [-0.4, -0.2) is 41.5 Å². The average molecular weight is 325 g/mol. The fourth-order valence-electron chi connectivity index (χ4n) is 2.15. The fraction of sp³-hybridized carbons (Fsp3) is 0.500. The van der Waals surface area contributed by atoms with Gasteiger partial charge in [0.05, 0.1) is 23.8 Å². The van der Waals surface area contributed by atoms with Gasteiger partial charge in [0.2, 0.25) is 5.91 Å². The second kappa shape index (κ2) is 8.80. The van der Waals surface area contributed by atoms with E-state index >= 15 is 0 Å². The highest BCUT2D eigenvalue weighted by molar-refractivity contribution is 8.00. The lowest BCUT2D eigenvalue weighted by molar-refractivity contribution is -0.139. The van der Waals surface area contributed by atoms with Gasteiger partial charge in [0.25, 0.3) is 0 Å². The third kappa shape index (κ3) is 6.07. The lowest BCUT2D eigenvalue weighted by Crippen LogP contribution is -2.53. The van der Waals surface area contributed by atoms with Gasteiger partial charge in [0, 0.05) is 12.0 Å². The summed E-state index contributed by atoms with van der Waals surface area (Å²) in [6.45, 7) is 3.77. The molecule has 0 aliphatic carbocycles. The molecule has 0 aliphatic rings. The summed E-state index contributed by atoms with van der Waals surface area (Å²) in [5, 5.41) is 11.6. The summed E-state index contributed by atoms with van der Waals surface area (Å²) in [7, 11) is 1.49. The number of methoxy groups -OCH3 is 1. The summed E-state index contributed by atoms with van der Waals surface area (Å²) in [6.07, 6.45) is 0.473. The monoisotopic (exact) mass is 325 g/mol. The Hall–Kier alpha value is -1.53. The zero-order valence-corrected chi connectivity index (χ0v) is 14.0. The van der Waals surface area contributed by atoms with Gasteiger partial charge in [-0.1, -0.05) is 25.1 Å². The zero-order valence-electron chi connectivity index (χ0n) is 13.2. The van der Waals surface area contributed by atoms with E-state index in [1.807, 2.05) is 37.3 Å². The van der Waals surface area contributed by atoms with Crippen molar-refractivity contribution in [1.82, 2.24) is 5.32 Å². The van der Waals surface area contributed by atoms with Gasteiger partial charge in [-0.05, 0) is 25.5 Å². The van der Waals surface area contributed by atoms with Crippen molar-refractivity contribution in [2.45, 2.75) is 42.4 Å². The van der Waals surface area contributed by atoms with Crippen molar-refractivity contribution in [3.63, 3.8) is 0 Å². The van der Waals surface area contributed by atoms with Crippen LogP contribution in [0.3, 0.4) is 0 Å². The topological polar surface area (TPSA) is 75.6 Å². The van der Waals surface area contributed by atoms with E-state index in [0.717, 1.165) is 4.90 Å². The van der Waals surface area contributed by atoms with E-state index in [2.05, 4.69) is 5.32 Å². The molecule has 0 spiro atoms. The number of nitrogens with one attached hydrogen (secondary N) is 1. The van der Waals surface area contributed by atoms with Crippen LogP contribution in [0.4, 0.5) is 0 Å². The number of carbonyl (C=O) groups is 2. The molecule has 2 unspecified atom stereocenters. The van der Waals surface area contributed by atoms with Crippen LogP contribution in [-0.2, 0) is 14.3 Å². The summed E-state index contributed by atoms with van der Waals surface area (Å²) in [6, 6.07) is 9.67. The lowest BCUT2D eigenvalue weighted by atomic mass is 9.98. The number of hydrogen-bond donors (Lipinski definition) is 2. The van der Waals surface area contributed by atoms with Gasteiger partial charge in [-0.25, -0.2) is 0 Å². The Bertz CT molecular complexity index is 494. The minimum absolute atomic E-state index is 0.150. The molecule has 0 heterocycles. The number of amides is 1. The van der Waals surface area contributed by atoms with Gasteiger partial charge < -0.3 is 15.2 Å². The molecule has 0 radical (unpaired) electrons. The number of aliphatic carboxylic acids is 1. The summed E-state index contributed by atoms with van der Waals surface area (Å²) in [5.41, 5.74) is -0.914. The summed E-state index contributed by atoms with van der Waals surface area (Å²) >= 11 is 1.47. The first-order chi connectivity index (χ1) is 10.4. The van der Waals surface area contributed by atoms with Crippen LogP contribution in [0.1, 0.15) is 26.7 Å².